The minimum Gasteiger partial charge on any atom is -0.306 e. The fourth-order valence-corrected chi connectivity index (χ4v) is 2.04. The van der Waals surface area contributed by atoms with E-state index in [0.717, 1.165) is 19.3 Å². The van der Waals surface area contributed by atoms with Gasteiger partial charge in [0.15, 0.2) is 0 Å². The van der Waals surface area contributed by atoms with Crippen molar-refractivity contribution < 1.29 is 4.39 Å². The van der Waals surface area contributed by atoms with E-state index < -0.39 is 5.67 Å². The maximum Gasteiger partial charge on any atom is 0.123 e. The van der Waals surface area contributed by atoms with Gasteiger partial charge >= 0.3 is 0 Å². The monoisotopic (exact) mass is 159 g/mol. The van der Waals surface area contributed by atoms with Crippen molar-refractivity contribution in [2.45, 2.75) is 31.9 Å². The third kappa shape index (κ3) is 2.44. The van der Waals surface area contributed by atoms with Crippen molar-refractivity contribution in [2.75, 3.05) is 20.6 Å². The van der Waals surface area contributed by atoms with E-state index in [4.69, 9.17) is 0 Å². The van der Waals surface area contributed by atoms with Crippen molar-refractivity contribution in [1.29, 1.82) is 0 Å². The lowest BCUT2D eigenvalue weighted by molar-refractivity contribution is 0.121. The van der Waals surface area contributed by atoms with Gasteiger partial charge in [0, 0.05) is 6.54 Å². The number of hydrogen-bond acceptors (Lipinski definition) is 1. The summed E-state index contributed by atoms with van der Waals surface area (Å²) >= 11 is 0. The fourth-order valence-electron chi connectivity index (χ4n) is 2.04. The first kappa shape index (κ1) is 8.98. The van der Waals surface area contributed by atoms with Gasteiger partial charge in [-0.25, -0.2) is 4.39 Å². The molecule has 1 fully saturated rings. The molecule has 0 radical (unpaired) electrons. The van der Waals surface area contributed by atoms with Crippen molar-refractivity contribution >= 4 is 0 Å². The van der Waals surface area contributed by atoms with Crippen LogP contribution >= 0.6 is 0 Å². The van der Waals surface area contributed by atoms with Gasteiger partial charge < -0.3 is 4.90 Å². The van der Waals surface area contributed by atoms with Gasteiger partial charge in [-0.05, 0) is 39.3 Å². The van der Waals surface area contributed by atoms with Crippen molar-refractivity contribution in [1.82, 2.24) is 4.90 Å². The number of nitrogens with zero attached hydrogens (tertiary/aromatic N) is 1. The van der Waals surface area contributed by atoms with Crippen LogP contribution in [0, 0.1) is 5.92 Å². The summed E-state index contributed by atoms with van der Waals surface area (Å²) in [5, 5.41) is 0. The molecular formula is C9H18FN. The summed E-state index contributed by atoms with van der Waals surface area (Å²) < 4.78 is 13.8. The molecule has 0 bridgehead atoms. The van der Waals surface area contributed by atoms with Crippen LogP contribution in [0.25, 0.3) is 0 Å². The number of halogens is 1. The molecule has 0 N–H and O–H groups in total. The lowest BCUT2D eigenvalue weighted by Gasteiger charge is -2.23. The first-order chi connectivity index (χ1) is 5.02. The molecule has 1 aliphatic rings. The highest BCUT2D eigenvalue weighted by atomic mass is 19.1. The SMILES string of the molecule is CC1CCC(F)(CN(C)C)C1. The minimum absolute atomic E-state index is 0.583. The fraction of sp³-hybridized carbons (Fsp3) is 1.00. The van der Waals surface area contributed by atoms with Crippen molar-refractivity contribution in [3.63, 3.8) is 0 Å². The minimum atomic E-state index is -0.886. The second-order valence-electron chi connectivity index (χ2n) is 4.24. The highest BCUT2D eigenvalue weighted by molar-refractivity contribution is 4.89. The van der Waals surface area contributed by atoms with Gasteiger partial charge in [-0.1, -0.05) is 6.92 Å². The molecule has 2 unspecified atom stereocenters. The van der Waals surface area contributed by atoms with Gasteiger partial charge in [0.05, 0.1) is 0 Å². The van der Waals surface area contributed by atoms with E-state index in [1.165, 1.54) is 0 Å². The zero-order valence-electron chi connectivity index (χ0n) is 7.73. The lowest BCUT2D eigenvalue weighted by atomic mass is 10.0. The Morgan fingerprint density at radius 2 is 2.18 bits per heavy atom. The zero-order chi connectivity index (χ0) is 8.48. The van der Waals surface area contributed by atoms with Crippen LogP contribution in [0.4, 0.5) is 4.39 Å². The second kappa shape index (κ2) is 3.10. The average Bonchev–Trinajstić information content (AvgIpc) is 2.08. The van der Waals surface area contributed by atoms with Crippen LogP contribution in [0.2, 0.25) is 0 Å². The highest BCUT2D eigenvalue weighted by Gasteiger charge is 2.37. The molecule has 66 valence electrons. The maximum atomic E-state index is 13.8. The molecule has 1 saturated carbocycles. The largest absolute Gasteiger partial charge is 0.306 e. The summed E-state index contributed by atoms with van der Waals surface area (Å²) in [6.07, 6.45) is 2.57. The quantitative estimate of drug-likeness (QED) is 0.596. The molecule has 2 heteroatoms. The van der Waals surface area contributed by atoms with Gasteiger partial charge in [-0.2, -0.15) is 0 Å². The Morgan fingerprint density at radius 3 is 2.55 bits per heavy atom. The molecule has 1 aliphatic carbocycles. The van der Waals surface area contributed by atoms with E-state index in [1.54, 1.807) is 0 Å². The Bertz CT molecular complexity index is 136. The second-order valence-corrected chi connectivity index (χ2v) is 4.24. The molecular weight excluding hydrogens is 141 g/mol. The number of hydrogen-bond donors (Lipinski definition) is 0. The predicted molar refractivity (Wildman–Crippen MR) is 45.4 cm³/mol. The van der Waals surface area contributed by atoms with Gasteiger partial charge in [-0.15, -0.1) is 0 Å². The number of rotatable bonds is 2. The first-order valence-corrected chi connectivity index (χ1v) is 4.35. The Labute approximate surface area is 68.6 Å². The molecule has 11 heavy (non-hydrogen) atoms. The zero-order valence-corrected chi connectivity index (χ0v) is 7.73. The molecule has 0 aromatic heterocycles. The Morgan fingerprint density at radius 1 is 1.55 bits per heavy atom. The molecule has 0 spiro atoms. The van der Waals surface area contributed by atoms with Crippen LogP contribution < -0.4 is 0 Å². The summed E-state index contributed by atoms with van der Waals surface area (Å²) in [6.45, 7) is 2.73. The standard InChI is InChI=1S/C9H18FN/c1-8-4-5-9(10,6-8)7-11(2)3/h8H,4-7H2,1-3H3. The molecule has 0 saturated heterocycles. The van der Waals surface area contributed by atoms with Crippen LogP contribution in [-0.4, -0.2) is 31.2 Å². The third-order valence-electron chi connectivity index (χ3n) is 2.40. The van der Waals surface area contributed by atoms with Crippen LogP contribution in [-0.2, 0) is 0 Å². The van der Waals surface area contributed by atoms with Gasteiger partial charge in [0.1, 0.15) is 5.67 Å². The average molecular weight is 159 g/mol. The lowest BCUT2D eigenvalue weighted by Crippen LogP contribution is -2.33. The predicted octanol–water partition coefficient (Wildman–Crippen LogP) is 2.08. The Balaban J connectivity index is 2.42. The summed E-state index contributed by atoms with van der Waals surface area (Å²) in [4.78, 5) is 1.94. The molecule has 0 aromatic rings. The molecule has 2 atom stereocenters. The number of alkyl halides is 1. The van der Waals surface area contributed by atoms with Gasteiger partial charge in [-0.3, -0.25) is 0 Å². The molecule has 0 heterocycles. The van der Waals surface area contributed by atoms with E-state index in [-0.39, 0.29) is 0 Å². The summed E-state index contributed by atoms with van der Waals surface area (Å²) in [5.41, 5.74) is -0.886. The molecule has 1 rings (SSSR count). The molecule has 0 aromatic carbocycles. The smallest absolute Gasteiger partial charge is 0.123 e. The van der Waals surface area contributed by atoms with E-state index in [1.807, 2.05) is 19.0 Å². The van der Waals surface area contributed by atoms with Gasteiger partial charge in [0.2, 0.25) is 0 Å². The third-order valence-corrected chi connectivity index (χ3v) is 2.40. The molecule has 1 nitrogen and oxygen atoms in total. The highest BCUT2D eigenvalue weighted by Crippen LogP contribution is 2.37. The van der Waals surface area contributed by atoms with Crippen molar-refractivity contribution in [2.24, 2.45) is 5.92 Å². The summed E-state index contributed by atoms with van der Waals surface area (Å²) in [7, 11) is 3.87. The normalized spacial score (nSPS) is 38.5. The van der Waals surface area contributed by atoms with E-state index in [2.05, 4.69) is 6.92 Å². The topological polar surface area (TPSA) is 3.24 Å². The van der Waals surface area contributed by atoms with Crippen molar-refractivity contribution in [3.8, 4) is 0 Å². The van der Waals surface area contributed by atoms with Crippen LogP contribution in [0.15, 0.2) is 0 Å². The van der Waals surface area contributed by atoms with E-state index in [0.29, 0.717) is 12.5 Å². The van der Waals surface area contributed by atoms with Crippen LogP contribution in [0.5, 0.6) is 0 Å². The maximum absolute atomic E-state index is 13.8. The molecule has 0 aliphatic heterocycles. The van der Waals surface area contributed by atoms with Crippen molar-refractivity contribution in [3.05, 3.63) is 0 Å². The van der Waals surface area contributed by atoms with Gasteiger partial charge in [0.25, 0.3) is 0 Å². The summed E-state index contributed by atoms with van der Waals surface area (Å²) in [6, 6.07) is 0. The van der Waals surface area contributed by atoms with E-state index in [9.17, 15) is 4.39 Å². The van der Waals surface area contributed by atoms with Crippen LogP contribution in [0.3, 0.4) is 0 Å². The van der Waals surface area contributed by atoms with E-state index >= 15 is 0 Å². The Kier molecular flexibility index (Phi) is 2.53. The first-order valence-electron chi connectivity index (χ1n) is 4.35. The Hall–Kier alpha value is -0.110. The summed E-state index contributed by atoms with van der Waals surface area (Å²) in [5.74, 6) is 0.583. The molecule has 0 amide bonds. The van der Waals surface area contributed by atoms with Crippen LogP contribution in [0.1, 0.15) is 26.2 Å².